The van der Waals surface area contributed by atoms with Crippen molar-refractivity contribution in [2.75, 3.05) is 0 Å². The number of rotatable bonds is 2. The van der Waals surface area contributed by atoms with Gasteiger partial charge >= 0.3 is 0 Å². The van der Waals surface area contributed by atoms with Gasteiger partial charge in [0, 0.05) is 11.8 Å². The van der Waals surface area contributed by atoms with Crippen LogP contribution in [0.4, 0.5) is 0 Å². The summed E-state index contributed by atoms with van der Waals surface area (Å²) in [6.07, 6.45) is 2.02. The van der Waals surface area contributed by atoms with Crippen molar-refractivity contribution < 1.29 is 4.79 Å². The smallest absolute Gasteiger partial charge is 0.250 e. The molecule has 0 fully saturated rings. The Kier molecular flexibility index (Phi) is 3.85. The number of aromatic nitrogens is 2. The lowest BCUT2D eigenvalue weighted by Gasteiger charge is -2.11. The number of halogens is 3. The molecule has 1 aromatic heterocycles. The molecule has 0 saturated heterocycles. The minimum absolute atomic E-state index is 0.0388. The summed E-state index contributed by atoms with van der Waals surface area (Å²) < 4.78 is -1.72. The van der Waals surface area contributed by atoms with Crippen molar-refractivity contribution in [1.82, 2.24) is 9.97 Å². The molecule has 1 aromatic carbocycles. The summed E-state index contributed by atoms with van der Waals surface area (Å²) >= 11 is 17.2. The van der Waals surface area contributed by atoms with Crippen LogP contribution in [0.25, 0.3) is 11.3 Å². The molecule has 0 radical (unpaired) electrons. The lowest BCUT2D eigenvalue weighted by molar-refractivity contribution is 0.112. The van der Waals surface area contributed by atoms with Crippen LogP contribution in [-0.4, -0.2) is 16.3 Å². The van der Waals surface area contributed by atoms with E-state index in [1.165, 1.54) is 6.20 Å². The molecule has 0 saturated carbocycles. The van der Waals surface area contributed by atoms with Gasteiger partial charge in [0.2, 0.25) is 3.79 Å². The highest BCUT2D eigenvalue weighted by molar-refractivity contribution is 6.66. The molecule has 6 heteroatoms. The summed E-state index contributed by atoms with van der Waals surface area (Å²) in [6.45, 7) is 0. The molecular formula is C12H7Cl3N2O. The number of carbonyl (C=O) groups is 1. The van der Waals surface area contributed by atoms with Crippen molar-refractivity contribution in [2.24, 2.45) is 0 Å². The van der Waals surface area contributed by atoms with E-state index >= 15 is 0 Å². The van der Waals surface area contributed by atoms with E-state index in [2.05, 4.69) is 9.97 Å². The standard InChI is InChI=1S/C12H7Cl3N2O/c13-12(14,15)11-16-6-9(7-18)10(17-11)8-4-2-1-3-5-8/h1-7H. The number of hydrogen-bond acceptors (Lipinski definition) is 3. The minimum Gasteiger partial charge on any atom is -0.298 e. The molecule has 92 valence electrons. The van der Waals surface area contributed by atoms with Gasteiger partial charge in [0.15, 0.2) is 12.1 Å². The Morgan fingerprint density at radius 2 is 1.78 bits per heavy atom. The molecule has 0 aliphatic carbocycles. The first kappa shape index (κ1) is 13.3. The van der Waals surface area contributed by atoms with Gasteiger partial charge in [0.25, 0.3) is 0 Å². The summed E-state index contributed by atoms with van der Waals surface area (Å²) in [4.78, 5) is 19.0. The van der Waals surface area contributed by atoms with Crippen LogP contribution < -0.4 is 0 Å². The second kappa shape index (κ2) is 5.22. The van der Waals surface area contributed by atoms with Crippen LogP contribution >= 0.6 is 34.8 Å². The Labute approximate surface area is 119 Å². The minimum atomic E-state index is -1.72. The molecule has 0 aliphatic rings. The summed E-state index contributed by atoms with van der Waals surface area (Å²) in [5.41, 5.74) is 1.55. The average molecular weight is 302 g/mol. The maximum Gasteiger partial charge on any atom is 0.250 e. The van der Waals surface area contributed by atoms with Crippen molar-refractivity contribution in [1.29, 1.82) is 0 Å². The van der Waals surface area contributed by atoms with Crippen molar-refractivity contribution in [3.8, 4) is 11.3 Å². The number of nitrogens with zero attached hydrogens (tertiary/aromatic N) is 2. The molecule has 0 unspecified atom stereocenters. The zero-order valence-corrected chi connectivity index (χ0v) is 11.2. The summed E-state index contributed by atoms with van der Waals surface area (Å²) in [6, 6.07) is 9.16. The largest absolute Gasteiger partial charge is 0.298 e. The number of aldehydes is 1. The highest BCUT2D eigenvalue weighted by atomic mass is 35.6. The summed E-state index contributed by atoms with van der Waals surface area (Å²) in [5.74, 6) is 0.0388. The van der Waals surface area contributed by atoms with Crippen LogP contribution in [0.3, 0.4) is 0 Å². The third kappa shape index (κ3) is 2.80. The fourth-order valence-corrected chi connectivity index (χ4v) is 1.71. The van der Waals surface area contributed by atoms with Crippen LogP contribution in [-0.2, 0) is 3.79 Å². The van der Waals surface area contributed by atoms with Crippen molar-refractivity contribution in [3.63, 3.8) is 0 Å². The van der Waals surface area contributed by atoms with Gasteiger partial charge in [0.05, 0.1) is 11.3 Å². The van der Waals surface area contributed by atoms with Crippen molar-refractivity contribution >= 4 is 41.1 Å². The number of benzene rings is 1. The van der Waals surface area contributed by atoms with E-state index in [4.69, 9.17) is 34.8 Å². The Morgan fingerprint density at radius 1 is 1.11 bits per heavy atom. The third-order valence-electron chi connectivity index (χ3n) is 2.24. The molecule has 2 rings (SSSR count). The highest BCUT2D eigenvalue weighted by Gasteiger charge is 2.27. The SMILES string of the molecule is O=Cc1cnc(C(Cl)(Cl)Cl)nc1-c1ccccc1. The Balaban J connectivity index is 2.61. The molecule has 1 heterocycles. The first-order valence-electron chi connectivity index (χ1n) is 4.97. The normalized spacial score (nSPS) is 11.3. The van der Waals surface area contributed by atoms with E-state index in [9.17, 15) is 4.79 Å². The van der Waals surface area contributed by atoms with Crippen molar-refractivity contribution in [3.05, 3.63) is 47.9 Å². The average Bonchev–Trinajstić information content (AvgIpc) is 2.38. The van der Waals surface area contributed by atoms with Crippen LogP contribution in [0.15, 0.2) is 36.5 Å². The van der Waals surface area contributed by atoms with E-state index in [1.807, 2.05) is 30.3 Å². The van der Waals surface area contributed by atoms with Crippen molar-refractivity contribution in [2.45, 2.75) is 3.79 Å². The van der Waals surface area contributed by atoms with Crippen LogP contribution in [0, 0.1) is 0 Å². The second-order valence-electron chi connectivity index (χ2n) is 3.48. The molecular weight excluding hydrogens is 295 g/mol. The first-order chi connectivity index (χ1) is 8.52. The van der Waals surface area contributed by atoms with Crippen LogP contribution in [0.5, 0.6) is 0 Å². The molecule has 0 spiro atoms. The fraction of sp³-hybridized carbons (Fsp3) is 0.0833. The zero-order valence-electron chi connectivity index (χ0n) is 8.98. The summed E-state index contributed by atoms with van der Waals surface area (Å²) in [7, 11) is 0. The molecule has 18 heavy (non-hydrogen) atoms. The van der Waals surface area contributed by atoms with E-state index in [0.717, 1.165) is 5.56 Å². The lowest BCUT2D eigenvalue weighted by atomic mass is 10.1. The fourth-order valence-electron chi connectivity index (χ4n) is 1.44. The number of alkyl halides is 3. The number of carbonyl (C=O) groups excluding carboxylic acids is 1. The first-order valence-corrected chi connectivity index (χ1v) is 6.10. The second-order valence-corrected chi connectivity index (χ2v) is 5.76. The van der Waals surface area contributed by atoms with E-state index in [0.29, 0.717) is 17.5 Å². The quantitative estimate of drug-likeness (QED) is 0.626. The van der Waals surface area contributed by atoms with Gasteiger partial charge in [-0.05, 0) is 0 Å². The Hall–Kier alpha value is -1.16. The van der Waals surface area contributed by atoms with E-state index in [-0.39, 0.29) is 5.82 Å². The van der Waals surface area contributed by atoms with E-state index in [1.54, 1.807) is 0 Å². The monoisotopic (exact) mass is 300 g/mol. The zero-order chi connectivity index (χ0) is 13.2. The molecule has 0 bridgehead atoms. The topological polar surface area (TPSA) is 42.9 Å². The maximum atomic E-state index is 11.0. The molecule has 0 atom stereocenters. The molecule has 0 aliphatic heterocycles. The lowest BCUT2D eigenvalue weighted by Crippen LogP contribution is -2.09. The third-order valence-corrected chi connectivity index (χ3v) is 2.75. The van der Waals surface area contributed by atoms with Gasteiger partial charge in [-0.3, -0.25) is 4.79 Å². The van der Waals surface area contributed by atoms with Gasteiger partial charge in [0.1, 0.15) is 0 Å². The van der Waals surface area contributed by atoms with Gasteiger partial charge < -0.3 is 0 Å². The maximum absolute atomic E-state index is 11.0. The molecule has 0 N–H and O–H groups in total. The highest BCUT2D eigenvalue weighted by Crippen LogP contribution is 2.36. The van der Waals surface area contributed by atoms with Crippen LogP contribution in [0.2, 0.25) is 0 Å². The van der Waals surface area contributed by atoms with Gasteiger partial charge in [-0.2, -0.15) is 0 Å². The molecule has 3 nitrogen and oxygen atoms in total. The summed E-state index contributed by atoms with van der Waals surface area (Å²) in [5, 5.41) is 0. The Morgan fingerprint density at radius 3 is 2.33 bits per heavy atom. The molecule has 0 amide bonds. The van der Waals surface area contributed by atoms with Crippen LogP contribution in [0.1, 0.15) is 16.2 Å². The predicted molar refractivity (Wildman–Crippen MR) is 72.1 cm³/mol. The van der Waals surface area contributed by atoms with Gasteiger partial charge in [-0.1, -0.05) is 65.1 Å². The van der Waals surface area contributed by atoms with E-state index < -0.39 is 3.79 Å². The molecule has 2 aromatic rings. The Bertz CT molecular complexity index is 567. The van der Waals surface area contributed by atoms with Gasteiger partial charge in [-0.25, -0.2) is 9.97 Å². The number of hydrogen-bond donors (Lipinski definition) is 0. The predicted octanol–water partition coefficient (Wildman–Crippen LogP) is 3.78. The van der Waals surface area contributed by atoms with Gasteiger partial charge in [-0.15, -0.1) is 0 Å².